The summed E-state index contributed by atoms with van der Waals surface area (Å²) in [6, 6.07) is 0. The summed E-state index contributed by atoms with van der Waals surface area (Å²) in [4.78, 5) is 0. The van der Waals surface area contributed by atoms with Gasteiger partial charge in [-0.1, -0.05) is 13.8 Å². The molecule has 0 aromatic heterocycles. The molecule has 1 aliphatic heterocycles. The summed E-state index contributed by atoms with van der Waals surface area (Å²) in [5, 5.41) is 3.49. The third kappa shape index (κ3) is 7.02. The van der Waals surface area contributed by atoms with Crippen LogP contribution >= 0.6 is 0 Å². The van der Waals surface area contributed by atoms with E-state index in [1.54, 1.807) is 0 Å². The van der Waals surface area contributed by atoms with E-state index in [0.29, 0.717) is 18.1 Å². The molecule has 17 heavy (non-hydrogen) atoms. The van der Waals surface area contributed by atoms with Crippen LogP contribution in [0.2, 0.25) is 0 Å². The Morgan fingerprint density at radius 2 is 1.88 bits per heavy atom. The Balaban J connectivity index is 2.10. The van der Waals surface area contributed by atoms with E-state index in [0.717, 1.165) is 32.6 Å². The quantitative estimate of drug-likeness (QED) is 0.778. The van der Waals surface area contributed by atoms with Crippen molar-refractivity contribution in [3.05, 3.63) is 0 Å². The molecule has 1 fully saturated rings. The monoisotopic (exact) mass is 243 g/mol. The van der Waals surface area contributed by atoms with Crippen molar-refractivity contribution in [3.8, 4) is 0 Å². The molecule has 3 heteroatoms. The first-order chi connectivity index (χ1) is 7.87. The molecule has 1 heterocycles. The fourth-order valence-corrected chi connectivity index (χ4v) is 1.91. The van der Waals surface area contributed by atoms with Crippen LogP contribution in [0.25, 0.3) is 0 Å². The van der Waals surface area contributed by atoms with Gasteiger partial charge >= 0.3 is 0 Å². The lowest BCUT2D eigenvalue weighted by Crippen LogP contribution is -2.41. The summed E-state index contributed by atoms with van der Waals surface area (Å²) in [5.41, 5.74) is 0.176. The van der Waals surface area contributed by atoms with Gasteiger partial charge in [-0.2, -0.15) is 0 Å². The molecule has 0 saturated carbocycles. The minimum atomic E-state index is 0.176. The minimum Gasteiger partial charge on any atom is -0.378 e. The summed E-state index contributed by atoms with van der Waals surface area (Å²) in [5.74, 6) is 0.606. The molecule has 2 atom stereocenters. The topological polar surface area (TPSA) is 30.5 Å². The van der Waals surface area contributed by atoms with Crippen molar-refractivity contribution in [2.24, 2.45) is 5.92 Å². The normalized spacial score (nSPS) is 25.8. The molecule has 1 saturated heterocycles. The van der Waals surface area contributed by atoms with Crippen molar-refractivity contribution in [1.29, 1.82) is 0 Å². The molecular weight excluding hydrogens is 214 g/mol. The van der Waals surface area contributed by atoms with Gasteiger partial charge in [-0.3, -0.25) is 0 Å². The smallest absolute Gasteiger partial charge is 0.0813 e. The average Bonchev–Trinajstić information content (AvgIpc) is 2.61. The van der Waals surface area contributed by atoms with Gasteiger partial charge in [-0.15, -0.1) is 0 Å². The Labute approximate surface area is 106 Å². The second-order valence-corrected chi connectivity index (χ2v) is 6.52. The maximum absolute atomic E-state index is 5.95. The van der Waals surface area contributed by atoms with Crippen LogP contribution in [0.3, 0.4) is 0 Å². The standard InChI is InChI=1S/C14H29NO2/c1-11(2)9-16-10-13-7-6-12(17-13)8-15-14(3,4)5/h11-13,15H,6-10H2,1-5H3. The molecule has 3 nitrogen and oxygen atoms in total. The van der Waals surface area contributed by atoms with E-state index in [1.807, 2.05) is 0 Å². The van der Waals surface area contributed by atoms with Gasteiger partial charge in [-0.05, 0) is 39.5 Å². The van der Waals surface area contributed by atoms with E-state index < -0.39 is 0 Å². The Bertz CT molecular complexity index is 211. The molecule has 0 radical (unpaired) electrons. The van der Waals surface area contributed by atoms with Crippen LogP contribution in [0, 0.1) is 5.92 Å². The van der Waals surface area contributed by atoms with E-state index in [9.17, 15) is 0 Å². The van der Waals surface area contributed by atoms with Crippen LogP contribution in [-0.2, 0) is 9.47 Å². The van der Waals surface area contributed by atoms with Crippen LogP contribution in [0.4, 0.5) is 0 Å². The molecular formula is C14H29NO2. The molecule has 0 bridgehead atoms. The summed E-state index contributed by atoms with van der Waals surface area (Å²) in [7, 11) is 0. The Hall–Kier alpha value is -0.120. The van der Waals surface area contributed by atoms with Crippen molar-refractivity contribution < 1.29 is 9.47 Å². The van der Waals surface area contributed by atoms with Crippen molar-refractivity contribution >= 4 is 0 Å². The second kappa shape index (κ2) is 6.72. The lowest BCUT2D eigenvalue weighted by Gasteiger charge is -2.23. The zero-order chi connectivity index (χ0) is 12.9. The van der Waals surface area contributed by atoms with E-state index >= 15 is 0 Å². The highest BCUT2D eigenvalue weighted by Crippen LogP contribution is 2.20. The van der Waals surface area contributed by atoms with Gasteiger partial charge in [0.2, 0.25) is 0 Å². The highest BCUT2D eigenvalue weighted by molar-refractivity contribution is 4.79. The summed E-state index contributed by atoms with van der Waals surface area (Å²) in [6.45, 7) is 13.4. The predicted molar refractivity (Wildman–Crippen MR) is 71.3 cm³/mol. The van der Waals surface area contributed by atoms with Gasteiger partial charge in [0.15, 0.2) is 0 Å². The molecule has 0 spiro atoms. The average molecular weight is 243 g/mol. The number of hydrogen-bond acceptors (Lipinski definition) is 3. The molecule has 0 aromatic carbocycles. The fraction of sp³-hybridized carbons (Fsp3) is 1.00. The highest BCUT2D eigenvalue weighted by Gasteiger charge is 2.26. The molecule has 0 aromatic rings. The van der Waals surface area contributed by atoms with Crippen molar-refractivity contribution in [2.75, 3.05) is 19.8 Å². The summed E-state index contributed by atoms with van der Waals surface area (Å²) < 4.78 is 11.6. The zero-order valence-electron chi connectivity index (χ0n) is 12.1. The summed E-state index contributed by atoms with van der Waals surface area (Å²) in [6.07, 6.45) is 2.95. The first kappa shape index (κ1) is 14.9. The van der Waals surface area contributed by atoms with E-state index in [4.69, 9.17) is 9.47 Å². The third-order valence-electron chi connectivity index (χ3n) is 2.81. The largest absolute Gasteiger partial charge is 0.378 e. The lowest BCUT2D eigenvalue weighted by atomic mass is 10.1. The number of ether oxygens (including phenoxy) is 2. The Morgan fingerprint density at radius 1 is 1.24 bits per heavy atom. The van der Waals surface area contributed by atoms with Crippen molar-refractivity contribution in [3.63, 3.8) is 0 Å². The first-order valence-corrected chi connectivity index (χ1v) is 6.85. The maximum atomic E-state index is 5.95. The summed E-state index contributed by atoms with van der Waals surface area (Å²) >= 11 is 0. The number of rotatable bonds is 6. The van der Waals surface area contributed by atoms with Crippen molar-refractivity contribution in [1.82, 2.24) is 5.32 Å². The van der Waals surface area contributed by atoms with E-state index in [2.05, 4.69) is 39.9 Å². The van der Waals surface area contributed by atoms with Crippen molar-refractivity contribution in [2.45, 2.75) is 65.2 Å². The van der Waals surface area contributed by atoms with Gasteiger partial charge in [0.25, 0.3) is 0 Å². The van der Waals surface area contributed by atoms with E-state index in [-0.39, 0.29) is 5.54 Å². The number of nitrogens with one attached hydrogen (secondary N) is 1. The first-order valence-electron chi connectivity index (χ1n) is 6.85. The molecule has 2 unspecified atom stereocenters. The van der Waals surface area contributed by atoms with Crippen LogP contribution < -0.4 is 5.32 Å². The third-order valence-corrected chi connectivity index (χ3v) is 2.81. The lowest BCUT2D eigenvalue weighted by molar-refractivity contribution is -0.0209. The molecule has 102 valence electrons. The Kier molecular flexibility index (Phi) is 5.90. The molecule has 1 N–H and O–H groups in total. The second-order valence-electron chi connectivity index (χ2n) is 6.52. The predicted octanol–water partition coefficient (Wildman–Crippen LogP) is 2.59. The molecule has 1 rings (SSSR count). The van der Waals surface area contributed by atoms with Gasteiger partial charge in [-0.25, -0.2) is 0 Å². The molecule has 0 amide bonds. The maximum Gasteiger partial charge on any atom is 0.0813 e. The number of hydrogen-bond donors (Lipinski definition) is 1. The molecule has 0 aliphatic carbocycles. The fourth-order valence-electron chi connectivity index (χ4n) is 1.91. The van der Waals surface area contributed by atoms with Crippen LogP contribution in [0.15, 0.2) is 0 Å². The van der Waals surface area contributed by atoms with Crippen LogP contribution in [-0.4, -0.2) is 37.5 Å². The van der Waals surface area contributed by atoms with Gasteiger partial charge in [0.1, 0.15) is 0 Å². The van der Waals surface area contributed by atoms with Gasteiger partial charge < -0.3 is 14.8 Å². The zero-order valence-corrected chi connectivity index (χ0v) is 12.1. The molecule has 1 aliphatic rings. The highest BCUT2D eigenvalue weighted by atomic mass is 16.5. The van der Waals surface area contributed by atoms with Crippen LogP contribution in [0.5, 0.6) is 0 Å². The SMILES string of the molecule is CC(C)COCC1CCC(CNC(C)(C)C)O1. The Morgan fingerprint density at radius 3 is 2.47 bits per heavy atom. The van der Waals surface area contributed by atoms with Gasteiger partial charge in [0, 0.05) is 18.7 Å². The van der Waals surface area contributed by atoms with E-state index in [1.165, 1.54) is 0 Å². The van der Waals surface area contributed by atoms with Crippen LogP contribution in [0.1, 0.15) is 47.5 Å². The minimum absolute atomic E-state index is 0.176. The van der Waals surface area contributed by atoms with Gasteiger partial charge in [0.05, 0.1) is 18.8 Å².